The van der Waals surface area contributed by atoms with Gasteiger partial charge in [-0.1, -0.05) is 24.3 Å². The van der Waals surface area contributed by atoms with E-state index in [1.54, 1.807) is 0 Å². The Balaban J connectivity index is 1.36. The minimum Gasteiger partial charge on any atom is -0.481 e. The van der Waals surface area contributed by atoms with E-state index in [2.05, 4.69) is 16.7 Å². The van der Waals surface area contributed by atoms with Gasteiger partial charge in [0, 0.05) is 18.0 Å². The van der Waals surface area contributed by atoms with Crippen LogP contribution in [0.15, 0.2) is 24.3 Å². The molecule has 1 spiro atoms. The van der Waals surface area contributed by atoms with Gasteiger partial charge in [-0.05, 0) is 92.8 Å². The Bertz CT molecular complexity index is 1120. The fourth-order valence-corrected chi connectivity index (χ4v) is 10.1. The van der Waals surface area contributed by atoms with E-state index in [0.29, 0.717) is 11.8 Å². The average Bonchev–Trinajstić information content (AvgIpc) is 2.85. The molecule has 0 aromatic heterocycles. The van der Waals surface area contributed by atoms with Gasteiger partial charge in [0.25, 0.3) is 0 Å². The van der Waals surface area contributed by atoms with E-state index in [-0.39, 0.29) is 23.9 Å². The lowest BCUT2D eigenvalue weighted by Gasteiger charge is -2.55. The number of carboxylic acids is 1. The van der Waals surface area contributed by atoms with Gasteiger partial charge < -0.3 is 15.7 Å². The number of nitrogens with one attached hydrogen (secondary N) is 2. The van der Waals surface area contributed by atoms with Crippen molar-refractivity contribution >= 4 is 21.9 Å². The molecule has 4 bridgehead atoms. The van der Waals surface area contributed by atoms with Crippen molar-refractivity contribution in [2.75, 3.05) is 25.4 Å². The summed E-state index contributed by atoms with van der Waals surface area (Å²) in [5.74, 6) is 0.631. The molecule has 7 rings (SSSR count). The monoisotopic (exact) mass is 515 g/mol. The first-order valence-corrected chi connectivity index (χ1v) is 15.2. The van der Waals surface area contributed by atoms with Crippen molar-refractivity contribution in [3.05, 3.63) is 35.4 Å². The lowest BCUT2D eigenvalue weighted by molar-refractivity contribution is -0.136. The number of carbonyl (C=O) groups excluding carboxylic acids is 1. The maximum Gasteiger partial charge on any atom is 0.304 e. The summed E-state index contributed by atoms with van der Waals surface area (Å²) in [6, 6.07) is 6.96. The number of fused-ring (bicyclic) bond motifs is 2. The van der Waals surface area contributed by atoms with Crippen molar-refractivity contribution < 1.29 is 23.1 Å². The lowest BCUT2D eigenvalue weighted by atomic mass is 9.54. The van der Waals surface area contributed by atoms with Crippen LogP contribution in [-0.4, -0.2) is 61.1 Å². The fraction of sp³-hybridized carbons (Fsp3) is 0.704. The standard InChI is InChI=1S/C27H37N3O5S/c31-23(32)5-10-36(34,35)30-16-27(6-8-28-9-7-27)22-4-2-1-3-21(22)25(30)26(33)29-24-19-12-17-11-18(14-19)15-20(24)13-17/h1-4,17-20,24-25,28H,5-16H2,(H,29,33)(H,31,32)/t17?,18?,19?,20?,24?,25-/m1/s1. The third-order valence-electron chi connectivity index (χ3n) is 9.85. The summed E-state index contributed by atoms with van der Waals surface area (Å²) < 4.78 is 28.6. The minimum absolute atomic E-state index is 0.107. The third-order valence-corrected chi connectivity index (χ3v) is 11.6. The summed E-state index contributed by atoms with van der Waals surface area (Å²) in [5.41, 5.74) is 1.45. The Morgan fingerprint density at radius 1 is 1.03 bits per heavy atom. The van der Waals surface area contributed by atoms with Crippen LogP contribution in [0.3, 0.4) is 0 Å². The quantitative estimate of drug-likeness (QED) is 0.536. The minimum atomic E-state index is -3.98. The molecule has 6 aliphatic rings. The van der Waals surface area contributed by atoms with E-state index in [1.165, 1.54) is 10.7 Å². The number of hydrogen-bond donors (Lipinski definition) is 3. The third kappa shape index (κ3) is 4.17. The Morgan fingerprint density at radius 3 is 2.31 bits per heavy atom. The van der Waals surface area contributed by atoms with E-state index in [1.807, 2.05) is 18.2 Å². The molecule has 8 nitrogen and oxygen atoms in total. The van der Waals surface area contributed by atoms with Gasteiger partial charge in [0.2, 0.25) is 15.9 Å². The number of sulfonamides is 1. The number of hydrogen-bond acceptors (Lipinski definition) is 5. The summed E-state index contributed by atoms with van der Waals surface area (Å²) in [4.78, 5) is 25.3. The fourth-order valence-electron chi connectivity index (χ4n) is 8.45. The number of aliphatic carboxylic acids is 1. The topological polar surface area (TPSA) is 116 Å². The normalized spacial score (nSPS) is 34.9. The maximum atomic E-state index is 14.1. The van der Waals surface area contributed by atoms with E-state index >= 15 is 0 Å². The average molecular weight is 516 g/mol. The van der Waals surface area contributed by atoms with Crippen LogP contribution >= 0.6 is 0 Å². The molecule has 0 unspecified atom stereocenters. The largest absolute Gasteiger partial charge is 0.481 e. The molecule has 1 atom stereocenters. The molecule has 1 aromatic carbocycles. The molecule has 2 aliphatic heterocycles. The molecule has 36 heavy (non-hydrogen) atoms. The highest BCUT2D eigenvalue weighted by Gasteiger charge is 2.52. The zero-order valence-corrected chi connectivity index (χ0v) is 21.5. The summed E-state index contributed by atoms with van der Waals surface area (Å²) in [5, 5.41) is 15.9. The summed E-state index contributed by atoms with van der Waals surface area (Å²) >= 11 is 0. The number of amides is 1. The van der Waals surface area contributed by atoms with Gasteiger partial charge >= 0.3 is 5.97 Å². The van der Waals surface area contributed by atoms with Crippen LogP contribution in [0.25, 0.3) is 0 Å². The zero-order valence-electron chi connectivity index (χ0n) is 20.7. The molecule has 4 aliphatic carbocycles. The van der Waals surface area contributed by atoms with Crippen molar-refractivity contribution in [2.24, 2.45) is 23.7 Å². The van der Waals surface area contributed by atoms with Crippen LogP contribution in [-0.2, 0) is 25.0 Å². The second kappa shape index (κ2) is 9.10. The second-order valence-corrected chi connectivity index (χ2v) is 14.0. The highest BCUT2D eigenvalue weighted by Crippen LogP contribution is 2.54. The number of carboxylic acid groups (broad SMARTS) is 1. The molecule has 1 aromatic rings. The van der Waals surface area contributed by atoms with E-state index in [0.717, 1.165) is 74.6 Å². The van der Waals surface area contributed by atoms with Crippen molar-refractivity contribution in [2.45, 2.75) is 68.9 Å². The van der Waals surface area contributed by atoms with E-state index in [9.17, 15) is 23.1 Å². The SMILES string of the molecule is O=C(O)CCS(=O)(=O)N1CC2(CCNCC2)c2ccccc2[C@@H]1C(=O)NC1C2CC3CC(C2)CC1C3. The molecule has 196 valence electrons. The molecule has 1 amide bonds. The number of piperidine rings is 1. The van der Waals surface area contributed by atoms with Crippen LogP contribution in [0.2, 0.25) is 0 Å². The first-order valence-electron chi connectivity index (χ1n) is 13.6. The second-order valence-electron chi connectivity index (χ2n) is 12.0. The highest BCUT2D eigenvalue weighted by molar-refractivity contribution is 7.89. The summed E-state index contributed by atoms with van der Waals surface area (Å²) in [6.07, 6.45) is 7.06. The first kappa shape index (κ1) is 24.4. The Morgan fingerprint density at radius 2 is 1.67 bits per heavy atom. The van der Waals surface area contributed by atoms with Crippen molar-refractivity contribution in [3.63, 3.8) is 0 Å². The molecule has 9 heteroatoms. The van der Waals surface area contributed by atoms with Gasteiger partial charge in [-0.3, -0.25) is 9.59 Å². The van der Waals surface area contributed by atoms with Gasteiger partial charge in [-0.15, -0.1) is 0 Å². The highest BCUT2D eigenvalue weighted by atomic mass is 32.2. The number of benzene rings is 1. The molecule has 4 saturated carbocycles. The molecule has 1 saturated heterocycles. The van der Waals surface area contributed by atoms with Crippen LogP contribution in [0.5, 0.6) is 0 Å². The molecule has 3 N–H and O–H groups in total. The zero-order chi connectivity index (χ0) is 25.1. The molecule has 2 heterocycles. The lowest BCUT2D eigenvalue weighted by Crippen LogP contribution is -2.60. The summed E-state index contributed by atoms with van der Waals surface area (Å²) in [7, 11) is -3.98. The van der Waals surface area contributed by atoms with Crippen LogP contribution < -0.4 is 10.6 Å². The summed E-state index contributed by atoms with van der Waals surface area (Å²) in [6.45, 7) is 1.78. The van der Waals surface area contributed by atoms with Gasteiger partial charge in [0.15, 0.2) is 0 Å². The maximum absolute atomic E-state index is 14.1. The molecular weight excluding hydrogens is 478 g/mol. The van der Waals surface area contributed by atoms with Crippen molar-refractivity contribution in [1.29, 1.82) is 0 Å². The Hall–Kier alpha value is -1.97. The molecule has 5 fully saturated rings. The van der Waals surface area contributed by atoms with Crippen LogP contribution in [0.1, 0.15) is 68.5 Å². The molecule has 0 radical (unpaired) electrons. The van der Waals surface area contributed by atoms with Gasteiger partial charge in [-0.2, -0.15) is 4.31 Å². The van der Waals surface area contributed by atoms with E-state index < -0.39 is 34.2 Å². The van der Waals surface area contributed by atoms with Crippen LogP contribution in [0, 0.1) is 23.7 Å². The van der Waals surface area contributed by atoms with Gasteiger partial charge in [0.1, 0.15) is 6.04 Å². The predicted molar refractivity (Wildman–Crippen MR) is 135 cm³/mol. The number of nitrogens with zero attached hydrogens (tertiary/aromatic N) is 1. The Kier molecular flexibility index (Phi) is 6.16. The van der Waals surface area contributed by atoms with Crippen LogP contribution in [0.4, 0.5) is 0 Å². The van der Waals surface area contributed by atoms with Gasteiger partial charge in [-0.25, -0.2) is 8.42 Å². The van der Waals surface area contributed by atoms with Crippen molar-refractivity contribution in [3.8, 4) is 0 Å². The number of carbonyl (C=O) groups is 2. The first-order chi connectivity index (χ1) is 17.3. The van der Waals surface area contributed by atoms with Gasteiger partial charge in [0.05, 0.1) is 12.2 Å². The molecular formula is C27H37N3O5S. The smallest absolute Gasteiger partial charge is 0.304 e. The number of rotatable bonds is 6. The van der Waals surface area contributed by atoms with Crippen molar-refractivity contribution in [1.82, 2.24) is 14.9 Å². The Labute approximate surface area is 213 Å². The predicted octanol–water partition coefficient (Wildman–Crippen LogP) is 2.41. The van der Waals surface area contributed by atoms with E-state index in [4.69, 9.17) is 0 Å².